The normalized spacial score (nSPS) is 21.1. The van der Waals surface area contributed by atoms with Gasteiger partial charge in [-0.1, -0.05) is 11.6 Å². The number of halogens is 1. The van der Waals surface area contributed by atoms with Crippen molar-refractivity contribution in [3.8, 4) is 11.5 Å². The van der Waals surface area contributed by atoms with Crippen LogP contribution in [0.5, 0.6) is 0 Å². The van der Waals surface area contributed by atoms with E-state index in [0.29, 0.717) is 36.6 Å². The predicted molar refractivity (Wildman–Crippen MR) is 83.9 cm³/mol. The fourth-order valence-electron chi connectivity index (χ4n) is 3.06. The van der Waals surface area contributed by atoms with Gasteiger partial charge in [-0.15, -0.1) is 10.2 Å². The largest absolute Gasteiger partial charge is 0.419 e. The zero-order valence-electron chi connectivity index (χ0n) is 12.7. The molecule has 2 aliphatic rings. The van der Waals surface area contributed by atoms with Crippen molar-refractivity contribution >= 4 is 11.6 Å². The molecule has 0 amide bonds. The molecule has 0 unspecified atom stereocenters. The highest BCUT2D eigenvalue weighted by molar-refractivity contribution is 6.30. The summed E-state index contributed by atoms with van der Waals surface area (Å²) in [7, 11) is 0. The van der Waals surface area contributed by atoms with Gasteiger partial charge in [0, 0.05) is 36.5 Å². The van der Waals surface area contributed by atoms with Gasteiger partial charge in [-0.3, -0.25) is 4.90 Å². The van der Waals surface area contributed by atoms with Gasteiger partial charge in [0.1, 0.15) is 0 Å². The van der Waals surface area contributed by atoms with E-state index in [-0.39, 0.29) is 5.79 Å². The molecule has 2 aromatic rings. The number of piperidine rings is 1. The van der Waals surface area contributed by atoms with Crippen molar-refractivity contribution in [1.82, 2.24) is 15.1 Å². The minimum Gasteiger partial charge on any atom is -0.419 e. The van der Waals surface area contributed by atoms with Gasteiger partial charge in [-0.25, -0.2) is 0 Å². The van der Waals surface area contributed by atoms with Gasteiger partial charge in [0.15, 0.2) is 5.79 Å². The molecule has 6 nitrogen and oxygen atoms in total. The molecule has 0 atom stereocenters. The molecule has 7 heteroatoms. The van der Waals surface area contributed by atoms with Crippen LogP contribution in [0.4, 0.5) is 0 Å². The van der Waals surface area contributed by atoms with E-state index in [1.165, 1.54) is 0 Å². The Kier molecular flexibility index (Phi) is 4.07. The number of hydrogen-bond donors (Lipinski definition) is 0. The van der Waals surface area contributed by atoms with Gasteiger partial charge >= 0.3 is 0 Å². The van der Waals surface area contributed by atoms with Crippen LogP contribution in [-0.4, -0.2) is 47.2 Å². The number of likely N-dealkylation sites (tertiary alicyclic amines) is 1. The molecule has 2 saturated heterocycles. The molecule has 23 heavy (non-hydrogen) atoms. The number of hydrogen-bond acceptors (Lipinski definition) is 6. The lowest BCUT2D eigenvalue weighted by Crippen LogP contribution is -2.44. The van der Waals surface area contributed by atoms with E-state index in [9.17, 15) is 0 Å². The molecule has 2 fully saturated rings. The van der Waals surface area contributed by atoms with Crippen LogP contribution < -0.4 is 0 Å². The van der Waals surface area contributed by atoms with E-state index in [1.54, 1.807) is 0 Å². The summed E-state index contributed by atoms with van der Waals surface area (Å²) in [5, 5.41) is 8.95. The first kappa shape index (κ1) is 15.1. The van der Waals surface area contributed by atoms with Crippen LogP contribution in [0.15, 0.2) is 28.7 Å². The highest BCUT2D eigenvalue weighted by Gasteiger charge is 2.39. The van der Waals surface area contributed by atoms with Crippen LogP contribution >= 0.6 is 11.6 Å². The highest BCUT2D eigenvalue weighted by Crippen LogP contribution is 2.31. The summed E-state index contributed by atoms with van der Waals surface area (Å²) in [4.78, 5) is 2.29. The maximum absolute atomic E-state index is 5.89. The third kappa shape index (κ3) is 3.26. The molecule has 122 valence electrons. The zero-order chi connectivity index (χ0) is 15.7. The van der Waals surface area contributed by atoms with Gasteiger partial charge in [0.2, 0.25) is 11.8 Å². The molecule has 4 rings (SSSR count). The summed E-state index contributed by atoms with van der Waals surface area (Å²) in [5.41, 5.74) is 0.874. The van der Waals surface area contributed by atoms with Crippen LogP contribution in [0.2, 0.25) is 5.02 Å². The van der Waals surface area contributed by atoms with E-state index in [4.69, 9.17) is 25.5 Å². The Morgan fingerprint density at radius 1 is 1.04 bits per heavy atom. The minimum atomic E-state index is -0.347. The second-order valence-corrected chi connectivity index (χ2v) is 6.33. The predicted octanol–water partition coefficient (Wildman–Crippen LogP) is 2.73. The maximum Gasteiger partial charge on any atom is 0.247 e. The van der Waals surface area contributed by atoms with Crippen molar-refractivity contribution in [2.45, 2.75) is 25.2 Å². The molecular formula is C16H18ClN3O3. The standard InChI is InChI=1S/C16H18ClN3O3/c17-13-3-1-12(2-4-13)15-19-18-14(23-15)11-20-7-5-16(6-8-20)21-9-10-22-16/h1-4H,5-11H2. The second-order valence-electron chi connectivity index (χ2n) is 5.89. The summed E-state index contributed by atoms with van der Waals surface area (Å²) in [5.74, 6) is 0.798. The van der Waals surface area contributed by atoms with Gasteiger partial charge in [0.05, 0.1) is 19.8 Å². The average Bonchev–Trinajstić information content (AvgIpc) is 3.21. The third-order valence-electron chi connectivity index (χ3n) is 4.35. The van der Waals surface area contributed by atoms with E-state index in [1.807, 2.05) is 24.3 Å². The van der Waals surface area contributed by atoms with Gasteiger partial charge in [0.25, 0.3) is 0 Å². The summed E-state index contributed by atoms with van der Waals surface area (Å²) in [6, 6.07) is 7.37. The minimum absolute atomic E-state index is 0.347. The average molecular weight is 336 g/mol. The molecule has 0 aliphatic carbocycles. The molecule has 1 aromatic heterocycles. The number of ether oxygens (including phenoxy) is 2. The summed E-state index contributed by atoms with van der Waals surface area (Å²) >= 11 is 5.89. The first-order chi connectivity index (χ1) is 11.2. The van der Waals surface area contributed by atoms with Crippen molar-refractivity contribution < 1.29 is 13.9 Å². The van der Waals surface area contributed by atoms with E-state index >= 15 is 0 Å². The fourth-order valence-corrected chi connectivity index (χ4v) is 3.18. The Morgan fingerprint density at radius 3 is 2.43 bits per heavy atom. The zero-order valence-corrected chi connectivity index (χ0v) is 13.5. The quantitative estimate of drug-likeness (QED) is 0.859. The molecule has 2 aliphatic heterocycles. The molecule has 3 heterocycles. The number of benzene rings is 1. The molecular weight excluding hydrogens is 318 g/mol. The first-order valence-electron chi connectivity index (χ1n) is 7.81. The van der Waals surface area contributed by atoms with Crippen LogP contribution in [0.1, 0.15) is 18.7 Å². The lowest BCUT2D eigenvalue weighted by atomic mass is 10.0. The molecule has 1 aromatic carbocycles. The van der Waals surface area contributed by atoms with Crippen LogP contribution in [0, 0.1) is 0 Å². The SMILES string of the molecule is Clc1ccc(-c2nnc(CN3CCC4(CC3)OCCO4)o2)cc1. The third-order valence-corrected chi connectivity index (χ3v) is 4.60. The number of nitrogens with zero attached hydrogens (tertiary/aromatic N) is 3. The molecule has 0 saturated carbocycles. The van der Waals surface area contributed by atoms with Gasteiger partial charge < -0.3 is 13.9 Å². The first-order valence-corrected chi connectivity index (χ1v) is 8.19. The summed E-state index contributed by atoms with van der Waals surface area (Å²) < 4.78 is 17.2. The Hall–Kier alpha value is -1.47. The van der Waals surface area contributed by atoms with E-state index in [0.717, 1.165) is 31.5 Å². The van der Waals surface area contributed by atoms with E-state index in [2.05, 4.69) is 15.1 Å². The molecule has 0 bridgehead atoms. The van der Waals surface area contributed by atoms with Crippen molar-refractivity contribution in [1.29, 1.82) is 0 Å². The van der Waals surface area contributed by atoms with Crippen LogP contribution in [0.3, 0.4) is 0 Å². The Labute approximate surface area is 139 Å². The van der Waals surface area contributed by atoms with Crippen molar-refractivity contribution in [2.75, 3.05) is 26.3 Å². The lowest BCUT2D eigenvalue weighted by Gasteiger charge is -2.36. The summed E-state index contributed by atoms with van der Waals surface area (Å²) in [6.45, 7) is 3.86. The molecule has 0 radical (unpaired) electrons. The highest BCUT2D eigenvalue weighted by atomic mass is 35.5. The fraction of sp³-hybridized carbons (Fsp3) is 0.500. The monoisotopic (exact) mass is 335 g/mol. The number of aromatic nitrogens is 2. The second kappa shape index (κ2) is 6.20. The Morgan fingerprint density at radius 2 is 1.74 bits per heavy atom. The van der Waals surface area contributed by atoms with Crippen molar-refractivity contribution in [2.24, 2.45) is 0 Å². The van der Waals surface area contributed by atoms with Gasteiger partial charge in [-0.2, -0.15) is 0 Å². The molecule has 1 spiro atoms. The topological polar surface area (TPSA) is 60.6 Å². The smallest absolute Gasteiger partial charge is 0.247 e. The Balaban J connectivity index is 1.38. The van der Waals surface area contributed by atoms with Crippen molar-refractivity contribution in [3.05, 3.63) is 35.2 Å². The number of rotatable bonds is 3. The van der Waals surface area contributed by atoms with Crippen LogP contribution in [-0.2, 0) is 16.0 Å². The van der Waals surface area contributed by atoms with Crippen LogP contribution in [0.25, 0.3) is 11.5 Å². The van der Waals surface area contributed by atoms with Crippen molar-refractivity contribution in [3.63, 3.8) is 0 Å². The van der Waals surface area contributed by atoms with Gasteiger partial charge in [-0.05, 0) is 24.3 Å². The molecule has 0 N–H and O–H groups in total. The lowest BCUT2D eigenvalue weighted by molar-refractivity contribution is -0.186. The Bertz CT molecular complexity index is 657. The maximum atomic E-state index is 5.89. The van der Waals surface area contributed by atoms with E-state index < -0.39 is 0 Å². The summed E-state index contributed by atoms with van der Waals surface area (Å²) in [6.07, 6.45) is 1.76.